The van der Waals surface area contributed by atoms with Crippen molar-refractivity contribution in [2.24, 2.45) is 5.73 Å². The average Bonchev–Trinajstić information content (AvgIpc) is 2.46. The third-order valence-corrected chi connectivity index (χ3v) is 4.02. The highest BCUT2D eigenvalue weighted by atomic mass is 79.9. The zero-order valence-corrected chi connectivity index (χ0v) is 14.4. The number of amides is 1. The van der Waals surface area contributed by atoms with E-state index < -0.39 is 24.8 Å². The van der Waals surface area contributed by atoms with E-state index in [2.05, 4.69) is 21.2 Å². The Kier molecular flexibility index (Phi) is 8.74. The molecule has 0 bridgehead atoms. The molecular formula is C14H19BrF2N2O2S. The van der Waals surface area contributed by atoms with Gasteiger partial charge in [0, 0.05) is 22.5 Å². The van der Waals surface area contributed by atoms with Crippen molar-refractivity contribution in [1.29, 1.82) is 0 Å². The first kappa shape index (κ1) is 19.2. The molecule has 3 N–H and O–H groups in total. The minimum atomic E-state index is -3.13. The zero-order chi connectivity index (χ0) is 16.4. The molecule has 0 radical (unpaired) electrons. The molecule has 0 heterocycles. The molecule has 0 spiro atoms. The fourth-order valence-corrected chi connectivity index (χ4v) is 2.54. The smallest absolute Gasteiger partial charge is 0.268 e. The number of hydrogen-bond donors (Lipinski definition) is 2. The van der Waals surface area contributed by atoms with Crippen LogP contribution in [0.4, 0.5) is 8.78 Å². The predicted molar refractivity (Wildman–Crippen MR) is 88.6 cm³/mol. The average molecular weight is 397 g/mol. The Labute approximate surface area is 141 Å². The van der Waals surface area contributed by atoms with E-state index in [0.29, 0.717) is 18.9 Å². The molecule has 124 valence electrons. The molecule has 22 heavy (non-hydrogen) atoms. The molecule has 0 saturated heterocycles. The van der Waals surface area contributed by atoms with Crippen LogP contribution in [0.25, 0.3) is 0 Å². The van der Waals surface area contributed by atoms with Crippen LogP contribution in [0.5, 0.6) is 5.75 Å². The van der Waals surface area contributed by atoms with Gasteiger partial charge < -0.3 is 15.8 Å². The summed E-state index contributed by atoms with van der Waals surface area (Å²) in [6.45, 7) is 0.0729. The topological polar surface area (TPSA) is 64.4 Å². The van der Waals surface area contributed by atoms with Crippen LogP contribution in [-0.2, 0) is 4.79 Å². The molecular weight excluding hydrogens is 378 g/mol. The summed E-state index contributed by atoms with van der Waals surface area (Å²) in [5.74, 6) is -1.63. The van der Waals surface area contributed by atoms with Gasteiger partial charge in [0.1, 0.15) is 5.75 Å². The van der Waals surface area contributed by atoms with E-state index in [1.54, 1.807) is 11.8 Å². The Morgan fingerprint density at radius 2 is 2.18 bits per heavy atom. The first-order valence-electron chi connectivity index (χ1n) is 6.74. The summed E-state index contributed by atoms with van der Waals surface area (Å²) in [7, 11) is 0. The number of carbonyl (C=O) groups excluding carboxylic acids is 1. The van der Waals surface area contributed by atoms with Crippen molar-refractivity contribution in [3.63, 3.8) is 0 Å². The molecule has 1 rings (SSSR count). The van der Waals surface area contributed by atoms with Crippen LogP contribution in [0.3, 0.4) is 0 Å². The standard InChI is InChI=1S/C14H19BrF2N2O2S/c15-11-2-1-3-12(8-11)21-5-7-22-6-4-19-13(20)9-14(16,17)10-18/h1-3,8H,4-7,9-10,18H2,(H,19,20). The van der Waals surface area contributed by atoms with Crippen LogP contribution in [-0.4, -0.2) is 43.0 Å². The normalized spacial score (nSPS) is 11.3. The molecule has 1 aromatic carbocycles. The maximum Gasteiger partial charge on any atom is 0.268 e. The number of thioether (sulfide) groups is 1. The van der Waals surface area contributed by atoms with Crippen molar-refractivity contribution >= 4 is 33.6 Å². The lowest BCUT2D eigenvalue weighted by molar-refractivity contribution is -0.127. The molecule has 0 aromatic heterocycles. The Bertz CT molecular complexity index is 478. The molecule has 0 atom stereocenters. The van der Waals surface area contributed by atoms with Crippen LogP contribution in [0.1, 0.15) is 6.42 Å². The number of carbonyl (C=O) groups is 1. The van der Waals surface area contributed by atoms with Gasteiger partial charge in [0.25, 0.3) is 5.92 Å². The summed E-state index contributed by atoms with van der Waals surface area (Å²) in [5.41, 5.74) is 4.87. The fourth-order valence-electron chi connectivity index (χ4n) is 1.51. The van der Waals surface area contributed by atoms with Gasteiger partial charge in [-0.1, -0.05) is 22.0 Å². The van der Waals surface area contributed by atoms with E-state index in [0.717, 1.165) is 16.0 Å². The summed E-state index contributed by atoms with van der Waals surface area (Å²) in [4.78, 5) is 11.2. The van der Waals surface area contributed by atoms with E-state index in [9.17, 15) is 13.6 Å². The summed E-state index contributed by atoms with van der Waals surface area (Å²) in [6.07, 6.45) is -0.861. The number of nitrogens with two attached hydrogens (primary N) is 1. The highest BCUT2D eigenvalue weighted by Crippen LogP contribution is 2.18. The number of hydrogen-bond acceptors (Lipinski definition) is 4. The largest absolute Gasteiger partial charge is 0.493 e. The van der Waals surface area contributed by atoms with E-state index in [-0.39, 0.29) is 0 Å². The van der Waals surface area contributed by atoms with Crippen molar-refractivity contribution in [3.8, 4) is 5.75 Å². The number of rotatable bonds is 10. The summed E-state index contributed by atoms with van der Waals surface area (Å²) in [6, 6.07) is 7.55. The summed E-state index contributed by atoms with van der Waals surface area (Å²) < 4.78 is 32.2. The van der Waals surface area contributed by atoms with E-state index in [1.807, 2.05) is 24.3 Å². The van der Waals surface area contributed by atoms with Crippen LogP contribution in [0, 0.1) is 0 Å². The van der Waals surface area contributed by atoms with Gasteiger partial charge in [0.05, 0.1) is 19.6 Å². The molecule has 0 aliphatic carbocycles. The molecule has 1 amide bonds. The van der Waals surface area contributed by atoms with Crippen LogP contribution in [0.15, 0.2) is 28.7 Å². The lowest BCUT2D eigenvalue weighted by atomic mass is 10.2. The van der Waals surface area contributed by atoms with Gasteiger partial charge in [-0.15, -0.1) is 0 Å². The molecule has 8 heteroatoms. The van der Waals surface area contributed by atoms with E-state index in [1.165, 1.54) is 0 Å². The van der Waals surface area contributed by atoms with Gasteiger partial charge in [-0.2, -0.15) is 11.8 Å². The van der Waals surface area contributed by atoms with E-state index >= 15 is 0 Å². The van der Waals surface area contributed by atoms with Gasteiger partial charge in [0.2, 0.25) is 5.91 Å². The Hall–Kier alpha value is -0.860. The third-order valence-electron chi connectivity index (χ3n) is 2.58. The number of alkyl halides is 2. The lowest BCUT2D eigenvalue weighted by Gasteiger charge is -2.13. The third kappa shape index (κ3) is 8.55. The SMILES string of the molecule is NCC(F)(F)CC(=O)NCCSCCOc1cccc(Br)c1. The van der Waals surface area contributed by atoms with Crippen LogP contribution < -0.4 is 15.8 Å². The summed E-state index contributed by atoms with van der Waals surface area (Å²) in [5, 5.41) is 2.45. The molecule has 0 fully saturated rings. The Balaban J connectivity index is 2.03. The molecule has 4 nitrogen and oxygen atoms in total. The maximum atomic E-state index is 12.9. The second-order valence-electron chi connectivity index (χ2n) is 4.51. The number of benzene rings is 1. The molecule has 0 unspecified atom stereocenters. The van der Waals surface area contributed by atoms with Crippen molar-refractivity contribution in [3.05, 3.63) is 28.7 Å². The predicted octanol–water partition coefficient (Wildman–Crippen LogP) is 2.66. The highest BCUT2D eigenvalue weighted by molar-refractivity contribution is 9.10. The van der Waals surface area contributed by atoms with Gasteiger partial charge in [-0.3, -0.25) is 4.79 Å². The summed E-state index contributed by atoms with van der Waals surface area (Å²) >= 11 is 4.94. The maximum absolute atomic E-state index is 12.9. The highest BCUT2D eigenvalue weighted by Gasteiger charge is 2.29. The number of halogens is 3. The Morgan fingerprint density at radius 3 is 2.86 bits per heavy atom. The van der Waals surface area contributed by atoms with Crippen molar-refractivity contribution in [2.45, 2.75) is 12.3 Å². The van der Waals surface area contributed by atoms with Crippen LogP contribution in [0.2, 0.25) is 0 Å². The van der Waals surface area contributed by atoms with Crippen LogP contribution >= 0.6 is 27.7 Å². The monoisotopic (exact) mass is 396 g/mol. The second-order valence-corrected chi connectivity index (χ2v) is 6.65. The van der Waals surface area contributed by atoms with Gasteiger partial charge >= 0.3 is 0 Å². The minimum Gasteiger partial charge on any atom is -0.493 e. The first-order chi connectivity index (χ1) is 10.4. The van der Waals surface area contributed by atoms with E-state index in [4.69, 9.17) is 10.5 Å². The van der Waals surface area contributed by atoms with Crippen molar-refractivity contribution < 1.29 is 18.3 Å². The molecule has 1 aromatic rings. The van der Waals surface area contributed by atoms with Crippen molar-refractivity contribution in [1.82, 2.24) is 5.32 Å². The quantitative estimate of drug-likeness (QED) is 0.596. The molecule has 0 saturated carbocycles. The Morgan fingerprint density at radius 1 is 1.41 bits per heavy atom. The number of ether oxygens (including phenoxy) is 1. The lowest BCUT2D eigenvalue weighted by Crippen LogP contribution is -2.36. The first-order valence-corrected chi connectivity index (χ1v) is 8.68. The van der Waals surface area contributed by atoms with Gasteiger partial charge in [-0.25, -0.2) is 8.78 Å². The zero-order valence-electron chi connectivity index (χ0n) is 12.0. The number of nitrogens with one attached hydrogen (secondary N) is 1. The van der Waals surface area contributed by atoms with Gasteiger partial charge in [0.15, 0.2) is 0 Å². The van der Waals surface area contributed by atoms with Gasteiger partial charge in [-0.05, 0) is 18.2 Å². The van der Waals surface area contributed by atoms with Crippen molar-refractivity contribution in [2.75, 3.05) is 31.2 Å². The second kappa shape index (κ2) is 10.0. The minimum absolute atomic E-state index is 0.348. The molecule has 0 aliphatic heterocycles. The fraction of sp³-hybridized carbons (Fsp3) is 0.500. The molecule has 0 aliphatic rings.